The number of carbonyl (C=O) groups excluding carboxylic acids is 1. The molecule has 0 aliphatic carbocycles. The molecule has 0 atom stereocenters. The minimum absolute atomic E-state index is 0.103. The van der Waals surface area contributed by atoms with Gasteiger partial charge in [-0.2, -0.15) is 0 Å². The topological polar surface area (TPSA) is 49.3 Å². The zero-order valence-corrected chi connectivity index (χ0v) is 16.7. The predicted molar refractivity (Wildman–Crippen MR) is 113 cm³/mol. The zero-order valence-electron chi connectivity index (χ0n) is 15.9. The fourth-order valence-corrected chi connectivity index (χ4v) is 4.04. The SMILES string of the molecule is O=C(CSc1ccc(F)cc1)N1CCN(c2cc(-c3ccccc3)ncn2)CC1. The largest absolute Gasteiger partial charge is 0.353 e. The normalized spacial score (nSPS) is 14.1. The van der Waals surface area contributed by atoms with Gasteiger partial charge in [0.2, 0.25) is 5.91 Å². The molecule has 1 aliphatic heterocycles. The lowest BCUT2D eigenvalue weighted by atomic mass is 10.1. The Balaban J connectivity index is 1.32. The van der Waals surface area contributed by atoms with E-state index >= 15 is 0 Å². The lowest BCUT2D eigenvalue weighted by Crippen LogP contribution is -2.49. The summed E-state index contributed by atoms with van der Waals surface area (Å²) in [5, 5.41) is 0. The number of thioether (sulfide) groups is 1. The Kier molecular flexibility index (Phi) is 6.05. The summed E-state index contributed by atoms with van der Waals surface area (Å²) in [6.45, 7) is 2.79. The van der Waals surface area contributed by atoms with Crippen LogP contribution < -0.4 is 4.90 Å². The molecule has 1 fully saturated rings. The predicted octanol–water partition coefficient (Wildman–Crippen LogP) is 3.72. The van der Waals surface area contributed by atoms with Gasteiger partial charge in [0.1, 0.15) is 18.0 Å². The molecule has 5 nitrogen and oxygen atoms in total. The summed E-state index contributed by atoms with van der Waals surface area (Å²) in [6.07, 6.45) is 1.59. The van der Waals surface area contributed by atoms with Crippen LogP contribution in [0.2, 0.25) is 0 Å². The molecule has 2 heterocycles. The molecule has 1 aliphatic rings. The molecule has 29 heavy (non-hydrogen) atoms. The van der Waals surface area contributed by atoms with Crippen molar-refractivity contribution in [2.24, 2.45) is 0 Å². The first-order valence-corrected chi connectivity index (χ1v) is 10.5. The van der Waals surface area contributed by atoms with Gasteiger partial charge >= 0.3 is 0 Å². The first kappa shape index (κ1) is 19.4. The van der Waals surface area contributed by atoms with Crippen LogP contribution in [0.3, 0.4) is 0 Å². The molecule has 0 saturated carbocycles. The highest BCUT2D eigenvalue weighted by Crippen LogP contribution is 2.22. The summed E-state index contributed by atoms with van der Waals surface area (Å²) in [7, 11) is 0. The summed E-state index contributed by atoms with van der Waals surface area (Å²) in [5.41, 5.74) is 1.95. The number of rotatable bonds is 5. The second-order valence-corrected chi connectivity index (χ2v) is 7.79. The number of nitrogens with zero attached hydrogens (tertiary/aromatic N) is 4. The van der Waals surface area contributed by atoms with E-state index < -0.39 is 0 Å². The van der Waals surface area contributed by atoms with E-state index in [4.69, 9.17) is 0 Å². The fourth-order valence-electron chi connectivity index (χ4n) is 3.24. The lowest BCUT2D eigenvalue weighted by molar-refractivity contribution is -0.128. The number of hydrogen-bond acceptors (Lipinski definition) is 5. The maximum absolute atomic E-state index is 13.0. The molecular weight excluding hydrogens is 387 g/mol. The fraction of sp³-hybridized carbons (Fsp3) is 0.227. The molecular formula is C22H21FN4OS. The van der Waals surface area contributed by atoms with E-state index in [0.717, 1.165) is 35.1 Å². The van der Waals surface area contributed by atoms with E-state index in [9.17, 15) is 9.18 Å². The smallest absolute Gasteiger partial charge is 0.233 e. The van der Waals surface area contributed by atoms with Crippen LogP contribution in [0, 0.1) is 5.82 Å². The quantitative estimate of drug-likeness (QED) is 0.602. The Morgan fingerprint density at radius 1 is 0.966 bits per heavy atom. The van der Waals surface area contributed by atoms with E-state index in [1.807, 2.05) is 41.3 Å². The Bertz CT molecular complexity index is 960. The Morgan fingerprint density at radius 3 is 2.41 bits per heavy atom. The molecule has 0 bridgehead atoms. The van der Waals surface area contributed by atoms with E-state index in [1.165, 1.54) is 23.9 Å². The number of benzene rings is 2. The minimum Gasteiger partial charge on any atom is -0.353 e. The standard InChI is InChI=1S/C22H21FN4OS/c23-18-6-8-19(9-7-18)29-15-22(28)27-12-10-26(11-13-27)21-14-20(24-16-25-21)17-4-2-1-3-5-17/h1-9,14,16H,10-13,15H2. The average molecular weight is 409 g/mol. The number of piperazine rings is 1. The summed E-state index contributed by atoms with van der Waals surface area (Å²) in [6, 6.07) is 18.2. The number of anilines is 1. The van der Waals surface area contributed by atoms with Gasteiger partial charge in [-0.1, -0.05) is 30.3 Å². The third-order valence-corrected chi connectivity index (χ3v) is 5.85. The third kappa shape index (κ3) is 4.92. The van der Waals surface area contributed by atoms with Crippen molar-refractivity contribution < 1.29 is 9.18 Å². The van der Waals surface area contributed by atoms with Crippen molar-refractivity contribution in [3.8, 4) is 11.3 Å². The number of halogens is 1. The van der Waals surface area contributed by atoms with Gasteiger partial charge in [0.15, 0.2) is 0 Å². The Hall–Kier alpha value is -2.93. The van der Waals surface area contributed by atoms with E-state index in [0.29, 0.717) is 18.8 Å². The van der Waals surface area contributed by atoms with Crippen molar-refractivity contribution in [3.05, 3.63) is 72.8 Å². The summed E-state index contributed by atoms with van der Waals surface area (Å²) < 4.78 is 13.0. The van der Waals surface area contributed by atoms with Crippen molar-refractivity contribution >= 4 is 23.5 Å². The van der Waals surface area contributed by atoms with Gasteiger partial charge in [-0.15, -0.1) is 11.8 Å². The Labute approximate surface area is 173 Å². The van der Waals surface area contributed by atoms with Crippen LogP contribution in [-0.2, 0) is 4.79 Å². The van der Waals surface area contributed by atoms with Crippen molar-refractivity contribution in [1.82, 2.24) is 14.9 Å². The van der Waals surface area contributed by atoms with Gasteiger partial charge in [-0.05, 0) is 24.3 Å². The van der Waals surface area contributed by atoms with Crippen LogP contribution in [0.1, 0.15) is 0 Å². The molecule has 3 aromatic rings. The second kappa shape index (κ2) is 9.05. The molecule has 7 heteroatoms. The Morgan fingerprint density at radius 2 is 1.69 bits per heavy atom. The maximum Gasteiger partial charge on any atom is 0.233 e. The van der Waals surface area contributed by atoms with Crippen molar-refractivity contribution in [2.75, 3.05) is 36.8 Å². The molecule has 1 aromatic heterocycles. The molecule has 4 rings (SSSR count). The van der Waals surface area contributed by atoms with Gasteiger partial charge in [-0.3, -0.25) is 4.79 Å². The zero-order chi connectivity index (χ0) is 20.1. The molecule has 0 unspecified atom stereocenters. The summed E-state index contributed by atoms with van der Waals surface area (Å²) in [5.74, 6) is 1.08. The van der Waals surface area contributed by atoms with E-state index in [1.54, 1.807) is 18.5 Å². The number of hydrogen-bond donors (Lipinski definition) is 0. The molecule has 0 radical (unpaired) electrons. The highest BCUT2D eigenvalue weighted by Gasteiger charge is 2.22. The lowest BCUT2D eigenvalue weighted by Gasteiger charge is -2.35. The molecule has 2 aromatic carbocycles. The molecule has 1 amide bonds. The summed E-state index contributed by atoms with van der Waals surface area (Å²) in [4.78, 5) is 26.3. The van der Waals surface area contributed by atoms with Crippen LogP contribution in [0.25, 0.3) is 11.3 Å². The van der Waals surface area contributed by atoms with Crippen molar-refractivity contribution in [1.29, 1.82) is 0 Å². The number of amides is 1. The second-order valence-electron chi connectivity index (χ2n) is 6.74. The van der Waals surface area contributed by atoms with E-state index in [2.05, 4.69) is 14.9 Å². The van der Waals surface area contributed by atoms with Crippen LogP contribution in [-0.4, -0.2) is 52.7 Å². The van der Waals surface area contributed by atoms with Crippen LogP contribution >= 0.6 is 11.8 Å². The van der Waals surface area contributed by atoms with Crippen LogP contribution in [0.5, 0.6) is 0 Å². The maximum atomic E-state index is 13.0. The highest BCUT2D eigenvalue weighted by atomic mass is 32.2. The first-order chi connectivity index (χ1) is 14.2. The van der Waals surface area contributed by atoms with Gasteiger partial charge in [0.05, 0.1) is 11.4 Å². The first-order valence-electron chi connectivity index (χ1n) is 9.47. The van der Waals surface area contributed by atoms with Crippen molar-refractivity contribution in [2.45, 2.75) is 4.90 Å². The molecule has 1 saturated heterocycles. The van der Waals surface area contributed by atoms with E-state index in [-0.39, 0.29) is 11.7 Å². The molecule has 0 N–H and O–H groups in total. The number of carbonyl (C=O) groups is 1. The summed E-state index contributed by atoms with van der Waals surface area (Å²) >= 11 is 1.44. The average Bonchev–Trinajstić information content (AvgIpc) is 2.79. The monoisotopic (exact) mass is 408 g/mol. The van der Waals surface area contributed by atoms with Gasteiger partial charge in [0, 0.05) is 42.7 Å². The van der Waals surface area contributed by atoms with Gasteiger partial charge < -0.3 is 9.80 Å². The number of aromatic nitrogens is 2. The molecule has 0 spiro atoms. The van der Waals surface area contributed by atoms with Crippen LogP contribution in [0.15, 0.2) is 71.9 Å². The minimum atomic E-state index is -0.267. The van der Waals surface area contributed by atoms with Gasteiger partial charge in [0.25, 0.3) is 0 Å². The van der Waals surface area contributed by atoms with Crippen molar-refractivity contribution in [3.63, 3.8) is 0 Å². The highest BCUT2D eigenvalue weighted by molar-refractivity contribution is 8.00. The van der Waals surface area contributed by atoms with Crippen LogP contribution in [0.4, 0.5) is 10.2 Å². The third-order valence-electron chi connectivity index (χ3n) is 4.85. The van der Waals surface area contributed by atoms with Gasteiger partial charge in [-0.25, -0.2) is 14.4 Å². The molecule has 148 valence electrons.